The number of hydrogen-bond donors (Lipinski definition) is 4. The first-order chi connectivity index (χ1) is 13.0. The van der Waals surface area contributed by atoms with Crippen molar-refractivity contribution in [2.75, 3.05) is 17.7 Å². The van der Waals surface area contributed by atoms with Crippen LogP contribution in [-0.2, 0) is 4.74 Å². The highest BCUT2D eigenvalue weighted by Crippen LogP contribution is 2.28. The monoisotopic (exact) mass is 377 g/mol. The van der Waals surface area contributed by atoms with Crippen LogP contribution in [0.5, 0.6) is 0 Å². The molecule has 5 N–H and O–H groups in total. The lowest BCUT2D eigenvalue weighted by atomic mass is 9.85. The van der Waals surface area contributed by atoms with Gasteiger partial charge in [0.1, 0.15) is 5.82 Å². The third-order valence-corrected chi connectivity index (χ3v) is 5.89. The maximum absolute atomic E-state index is 11.8. The van der Waals surface area contributed by atoms with E-state index in [0.717, 1.165) is 38.5 Å². The quantitative estimate of drug-likeness (QED) is 0.597. The van der Waals surface area contributed by atoms with Gasteiger partial charge >= 0.3 is 0 Å². The summed E-state index contributed by atoms with van der Waals surface area (Å²) in [6.45, 7) is 2.06. The summed E-state index contributed by atoms with van der Waals surface area (Å²) in [5, 5.41) is 16.8. The zero-order chi connectivity index (χ0) is 19.4. The van der Waals surface area contributed by atoms with E-state index in [0.29, 0.717) is 36.3 Å². The minimum absolute atomic E-state index is 0.0641. The Hall–Kier alpha value is -1.93. The molecule has 0 bridgehead atoms. The van der Waals surface area contributed by atoms with E-state index < -0.39 is 5.91 Å². The average Bonchev–Trinajstić information content (AvgIpc) is 2.65. The largest absolute Gasteiger partial charge is 0.393 e. The zero-order valence-corrected chi connectivity index (χ0v) is 16.1. The van der Waals surface area contributed by atoms with Crippen LogP contribution in [0.3, 0.4) is 0 Å². The topological polar surface area (TPSA) is 122 Å². The van der Waals surface area contributed by atoms with Crippen LogP contribution in [0.4, 0.5) is 11.8 Å². The van der Waals surface area contributed by atoms with Crippen molar-refractivity contribution in [1.82, 2.24) is 9.97 Å². The van der Waals surface area contributed by atoms with Gasteiger partial charge < -0.3 is 26.2 Å². The molecule has 150 valence electrons. The van der Waals surface area contributed by atoms with E-state index in [1.54, 1.807) is 7.11 Å². The number of nitrogens with two attached hydrogens (primary N) is 1. The van der Waals surface area contributed by atoms with Crippen LogP contribution in [-0.4, -0.2) is 52.4 Å². The van der Waals surface area contributed by atoms with Gasteiger partial charge in [0.05, 0.1) is 17.8 Å². The summed E-state index contributed by atoms with van der Waals surface area (Å²) < 4.78 is 5.41. The summed E-state index contributed by atoms with van der Waals surface area (Å²) in [7, 11) is 1.75. The molecular weight excluding hydrogens is 346 g/mol. The molecule has 27 heavy (non-hydrogen) atoms. The van der Waals surface area contributed by atoms with Crippen molar-refractivity contribution in [2.24, 2.45) is 11.7 Å². The highest BCUT2D eigenvalue weighted by atomic mass is 16.5. The molecule has 3 rings (SSSR count). The van der Waals surface area contributed by atoms with E-state index in [1.165, 1.54) is 6.20 Å². The number of ether oxygens (including phenoxy) is 1. The zero-order valence-electron chi connectivity index (χ0n) is 16.1. The summed E-state index contributed by atoms with van der Waals surface area (Å²) in [5.41, 5.74) is 5.77. The maximum Gasteiger partial charge on any atom is 0.254 e. The fourth-order valence-electron chi connectivity index (χ4n) is 3.99. The Morgan fingerprint density at radius 3 is 2.52 bits per heavy atom. The average molecular weight is 377 g/mol. The Labute approximate surface area is 160 Å². The van der Waals surface area contributed by atoms with E-state index in [1.807, 2.05) is 0 Å². The van der Waals surface area contributed by atoms with Gasteiger partial charge in [0.25, 0.3) is 5.91 Å². The second-order valence-corrected chi connectivity index (χ2v) is 7.87. The van der Waals surface area contributed by atoms with Crippen LogP contribution in [0.1, 0.15) is 62.2 Å². The fraction of sp³-hybridized carbons (Fsp3) is 0.737. The van der Waals surface area contributed by atoms with Crippen molar-refractivity contribution in [3.63, 3.8) is 0 Å². The molecule has 2 aliphatic carbocycles. The number of nitrogens with zero attached hydrogens (tertiary/aromatic N) is 2. The predicted molar refractivity (Wildman–Crippen MR) is 104 cm³/mol. The van der Waals surface area contributed by atoms with E-state index in [2.05, 4.69) is 27.5 Å². The number of carbonyl (C=O) groups is 1. The standard InChI is InChI=1S/C19H31N5O3/c1-11-3-4-13(9-16(11)25)22-18-15(17(20)26)10-21-19(24-18)23-12-5-7-14(27-2)8-6-12/h10-14,16,25H,3-9H2,1-2H3,(H2,20,26)(H2,21,22,23,24)/t11-,12-,13-,14-,16-/m1/s1. The normalized spacial score (nSPS) is 31.3. The highest BCUT2D eigenvalue weighted by molar-refractivity contribution is 5.97. The van der Waals surface area contributed by atoms with Gasteiger partial charge in [-0.1, -0.05) is 6.92 Å². The number of anilines is 2. The minimum Gasteiger partial charge on any atom is -0.393 e. The number of rotatable bonds is 6. The van der Waals surface area contributed by atoms with Gasteiger partial charge in [-0.2, -0.15) is 4.98 Å². The first-order valence-corrected chi connectivity index (χ1v) is 9.87. The molecule has 3 atom stereocenters. The Morgan fingerprint density at radius 2 is 1.89 bits per heavy atom. The number of amides is 1. The van der Waals surface area contributed by atoms with Gasteiger partial charge in [-0.3, -0.25) is 4.79 Å². The van der Waals surface area contributed by atoms with E-state index in [4.69, 9.17) is 10.5 Å². The van der Waals surface area contributed by atoms with Gasteiger partial charge in [0, 0.05) is 25.4 Å². The third-order valence-electron chi connectivity index (χ3n) is 5.89. The molecule has 8 heteroatoms. The molecule has 1 heterocycles. The number of aliphatic hydroxyl groups is 1. The summed E-state index contributed by atoms with van der Waals surface area (Å²) >= 11 is 0. The van der Waals surface area contributed by atoms with Crippen LogP contribution in [0.2, 0.25) is 0 Å². The first kappa shape index (κ1) is 19.8. The molecular formula is C19H31N5O3. The molecule has 2 aliphatic rings. The Bertz CT molecular complexity index is 648. The number of carbonyl (C=O) groups excluding carboxylic acids is 1. The number of nitrogens with one attached hydrogen (secondary N) is 2. The summed E-state index contributed by atoms with van der Waals surface area (Å²) in [6.07, 6.45) is 7.96. The number of hydrogen-bond acceptors (Lipinski definition) is 7. The molecule has 0 aromatic carbocycles. The van der Waals surface area contributed by atoms with Gasteiger partial charge in [-0.15, -0.1) is 0 Å². The molecule has 0 aliphatic heterocycles. The van der Waals surface area contributed by atoms with Crippen LogP contribution < -0.4 is 16.4 Å². The highest BCUT2D eigenvalue weighted by Gasteiger charge is 2.27. The summed E-state index contributed by atoms with van der Waals surface area (Å²) in [5.74, 6) is 0.670. The lowest BCUT2D eigenvalue weighted by molar-refractivity contribution is 0.0681. The van der Waals surface area contributed by atoms with Crippen LogP contribution in [0.25, 0.3) is 0 Å². The molecule has 1 aromatic heterocycles. The first-order valence-electron chi connectivity index (χ1n) is 9.87. The molecule has 0 unspecified atom stereocenters. The number of aromatic nitrogens is 2. The fourth-order valence-corrected chi connectivity index (χ4v) is 3.99. The van der Waals surface area contributed by atoms with Crippen LogP contribution in [0.15, 0.2) is 6.20 Å². The molecule has 0 spiro atoms. The molecule has 2 fully saturated rings. The second kappa shape index (κ2) is 8.84. The van der Waals surface area contributed by atoms with Crippen molar-refractivity contribution in [3.05, 3.63) is 11.8 Å². The van der Waals surface area contributed by atoms with Gasteiger partial charge in [0.2, 0.25) is 5.95 Å². The lowest BCUT2D eigenvalue weighted by Gasteiger charge is -2.32. The van der Waals surface area contributed by atoms with Gasteiger partial charge in [0.15, 0.2) is 0 Å². The third kappa shape index (κ3) is 5.07. The summed E-state index contributed by atoms with van der Waals surface area (Å²) in [4.78, 5) is 20.6. The molecule has 0 saturated heterocycles. The molecule has 1 amide bonds. The van der Waals surface area contributed by atoms with Crippen molar-refractivity contribution in [1.29, 1.82) is 0 Å². The number of methoxy groups -OCH3 is 1. The SMILES string of the molecule is CO[C@H]1CC[C@H](Nc2ncc(C(N)=O)c(N[C@@H]3CC[C@@H](C)[C@H](O)C3)n2)CC1. The van der Waals surface area contributed by atoms with E-state index in [9.17, 15) is 9.90 Å². The minimum atomic E-state index is -0.561. The lowest BCUT2D eigenvalue weighted by Crippen LogP contribution is -2.36. The van der Waals surface area contributed by atoms with E-state index >= 15 is 0 Å². The Balaban J connectivity index is 1.68. The maximum atomic E-state index is 11.8. The number of aliphatic hydroxyl groups excluding tert-OH is 1. The molecule has 0 radical (unpaired) electrons. The molecule has 8 nitrogen and oxygen atoms in total. The van der Waals surface area contributed by atoms with Gasteiger partial charge in [-0.25, -0.2) is 4.98 Å². The van der Waals surface area contributed by atoms with Crippen LogP contribution in [0, 0.1) is 5.92 Å². The van der Waals surface area contributed by atoms with Gasteiger partial charge in [-0.05, 0) is 50.9 Å². The Kier molecular flexibility index (Phi) is 6.49. The Morgan fingerprint density at radius 1 is 1.19 bits per heavy atom. The number of primary amides is 1. The van der Waals surface area contributed by atoms with Crippen molar-refractivity contribution in [3.8, 4) is 0 Å². The molecule has 1 aromatic rings. The van der Waals surface area contributed by atoms with Crippen molar-refractivity contribution < 1.29 is 14.6 Å². The predicted octanol–water partition coefficient (Wildman–Crippen LogP) is 1.91. The molecule has 2 saturated carbocycles. The van der Waals surface area contributed by atoms with E-state index in [-0.39, 0.29) is 17.7 Å². The van der Waals surface area contributed by atoms with Crippen LogP contribution >= 0.6 is 0 Å². The second-order valence-electron chi connectivity index (χ2n) is 7.87. The van der Waals surface area contributed by atoms with Crippen molar-refractivity contribution >= 4 is 17.7 Å². The summed E-state index contributed by atoms with van der Waals surface area (Å²) in [6, 6.07) is 0.357. The smallest absolute Gasteiger partial charge is 0.254 e. The van der Waals surface area contributed by atoms with Crippen molar-refractivity contribution in [2.45, 2.75) is 76.2 Å².